The molecule has 1 amide bonds. The summed E-state index contributed by atoms with van der Waals surface area (Å²) in [7, 11) is 0. The lowest BCUT2D eigenvalue weighted by atomic mass is 10.0. The quantitative estimate of drug-likeness (QED) is 0.142. The first-order valence-electron chi connectivity index (χ1n) is 19.0. The van der Waals surface area contributed by atoms with Gasteiger partial charge in [-0.3, -0.25) is 4.79 Å². The minimum absolute atomic E-state index is 0.0829. The summed E-state index contributed by atoms with van der Waals surface area (Å²) in [6.45, 7) is 4.14. The predicted octanol–water partition coefficient (Wildman–Crippen LogP) is 10.7. The Morgan fingerprint density at radius 3 is 2.07 bits per heavy atom. The SMILES string of the molecule is O=C(O)c1cc2c(Br)c(NC3CCN(C(=O)c4cccc(Cl)c4Cl)CC3)ccc2o1.O=C(O)c1cc2c(Cl)c(N3CCC(N4CCc5ccccc54)CC3)ccc2o1. The number of carboxylic acid groups (broad SMARTS) is 2. The van der Waals surface area contributed by atoms with Crippen molar-refractivity contribution in [3.63, 3.8) is 0 Å². The lowest BCUT2D eigenvalue weighted by molar-refractivity contribution is 0.0655. The Hall–Kier alpha value is -4.88. The van der Waals surface area contributed by atoms with Crippen LogP contribution in [0.1, 0.15) is 62.7 Å². The van der Waals surface area contributed by atoms with Gasteiger partial charge in [0.25, 0.3) is 5.91 Å². The van der Waals surface area contributed by atoms with Crippen LogP contribution in [0.25, 0.3) is 21.9 Å². The molecule has 0 spiro atoms. The van der Waals surface area contributed by atoms with Crippen molar-refractivity contribution in [1.29, 1.82) is 0 Å². The maximum absolute atomic E-state index is 12.8. The zero-order valence-corrected chi connectivity index (χ0v) is 34.9. The summed E-state index contributed by atoms with van der Waals surface area (Å²) in [5.41, 5.74) is 6.07. The average molecular weight is 909 g/mol. The van der Waals surface area contributed by atoms with Gasteiger partial charge < -0.3 is 39.1 Å². The van der Waals surface area contributed by atoms with E-state index in [2.05, 4.69) is 55.3 Å². The van der Waals surface area contributed by atoms with Gasteiger partial charge in [0, 0.05) is 79.1 Å². The van der Waals surface area contributed by atoms with Crippen LogP contribution < -0.4 is 15.1 Å². The van der Waals surface area contributed by atoms with Crippen molar-refractivity contribution >= 4 is 108 Å². The highest BCUT2D eigenvalue weighted by atomic mass is 79.9. The molecule has 0 radical (unpaired) electrons. The van der Waals surface area contributed by atoms with Gasteiger partial charge >= 0.3 is 11.9 Å². The van der Waals surface area contributed by atoms with Crippen LogP contribution in [-0.2, 0) is 6.42 Å². The van der Waals surface area contributed by atoms with Gasteiger partial charge in [0.2, 0.25) is 11.5 Å². The van der Waals surface area contributed by atoms with Crippen LogP contribution in [0.3, 0.4) is 0 Å². The third-order valence-corrected chi connectivity index (χ3v) is 13.2. The van der Waals surface area contributed by atoms with Gasteiger partial charge in [0.05, 0.1) is 30.8 Å². The molecular weight excluding hydrogens is 871 g/mol. The number of aromatic carboxylic acids is 2. The number of para-hydroxylation sites is 1. The van der Waals surface area contributed by atoms with Crippen LogP contribution in [0.2, 0.25) is 15.1 Å². The standard InChI is InChI=1S/C22H21ClN2O3.C21H17BrCl2N2O4/c23-21-16-13-20(22(26)27)28-19(16)6-5-18(21)24-10-8-15(9-11-24)25-12-7-14-3-1-2-4-17(14)25;22-18-13-10-17(21(28)29)30-16(13)5-4-15(18)25-11-6-8-26(9-7-11)20(27)12-2-1-3-14(23)19(12)24/h1-6,13,15H,7-12H2,(H,26,27);1-5,10-11,25H,6-9H2,(H,28,29). The monoisotopic (exact) mass is 906 g/mol. The molecule has 0 bridgehead atoms. The van der Waals surface area contributed by atoms with E-state index in [1.165, 1.54) is 23.4 Å². The number of rotatable bonds is 7. The number of nitrogens with zero attached hydrogens (tertiary/aromatic N) is 3. The van der Waals surface area contributed by atoms with Gasteiger partial charge in [-0.25, -0.2) is 9.59 Å². The third-order valence-electron chi connectivity index (χ3n) is 11.2. The highest BCUT2D eigenvalue weighted by Gasteiger charge is 2.31. The minimum Gasteiger partial charge on any atom is -0.475 e. The third kappa shape index (κ3) is 7.95. The largest absolute Gasteiger partial charge is 0.475 e. The Morgan fingerprint density at radius 1 is 0.707 bits per heavy atom. The maximum Gasteiger partial charge on any atom is 0.371 e. The van der Waals surface area contributed by atoms with Gasteiger partial charge in [0.15, 0.2) is 0 Å². The topological polar surface area (TPSA) is 140 Å². The summed E-state index contributed by atoms with van der Waals surface area (Å²) in [4.78, 5) is 41.7. The molecule has 4 aromatic carbocycles. The van der Waals surface area contributed by atoms with Crippen molar-refractivity contribution in [3.8, 4) is 0 Å². The number of furan rings is 2. The fourth-order valence-electron chi connectivity index (χ4n) is 8.16. The molecule has 2 fully saturated rings. The highest BCUT2D eigenvalue weighted by molar-refractivity contribution is 9.10. The lowest BCUT2D eigenvalue weighted by Crippen LogP contribution is -2.44. The summed E-state index contributed by atoms with van der Waals surface area (Å²) in [5.74, 6) is -2.50. The van der Waals surface area contributed by atoms with E-state index in [0.29, 0.717) is 56.7 Å². The average Bonchev–Trinajstić information content (AvgIpc) is 3.99. The number of fused-ring (bicyclic) bond motifs is 3. The molecule has 6 aromatic rings. The van der Waals surface area contributed by atoms with Crippen LogP contribution in [0.5, 0.6) is 0 Å². The van der Waals surface area contributed by atoms with Gasteiger partial charge in [-0.05, 0) is 96.1 Å². The number of hydrogen-bond acceptors (Lipinski definition) is 8. The van der Waals surface area contributed by atoms with Gasteiger partial charge in [-0.1, -0.05) is 59.1 Å². The number of amides is 1. The Morgan fingerprint density at radius 2 is 1.36 bits per heavy atom. The van der Waals surface area contributed by atoms with E-state index in [4.69, 9.17) is 53.9 Å². The normalized spacial score (nSPS) is 16.0. The lowest BCUT2D eigenvalue weighted by Gasteiger charge is -2.39. The molecular formula is C43H38BrCl3N4O7. The fraction of sp³-hybridized carbons (Fsp3) is 0.279. The van der Waals surface area contributed by atoms with E-state index in [-0.39, 0.29) is 28.5 Å². The fourth-order valence-corrected chi connectivity index (χ4v) is 9.43. The van der Waals surface area contributed by atoms with Crippen LogP contribution in [0.15, 0.2) is 92.2 Å². The summed E-state index contributed by atoms with van der Waals surface area (Å²) >= 11 is 22.4. The first-order chi connectivity index (χ1) is 28.0. The molecule has 11 nitrogen and oxygen atoms in total. The van der Waals surface area contributed by atoms with Crippen molar-refractivity contribution in [1.82, 2.24) is 4.90 Å². The van der Waals surface area contributed by atoms with Crippen molar-refractivity contribution in [2.24, 2.45) is 0 Å². The Bertz CT molecular complexity index is 2540. The highest BCUT2D eigenvalue weighted by Crippen LogP contribution is 2.39. The van der Waals surface area contributed by atoms with Crippen LogP contribution in [0, 0.1) is 0 Å². The van der Waals surface area contributed by atoms with Crippen molar-refractivity contribution in [3.05, 3.63) is 121 Å². The van der Waals surface area contributed by atoms with E-state index in [9.17, 15) is 14.4 Å². The second-order valence-electron chi connectivity index (χ2n) is 14.6. The minimum atomic E-state index is -1.11. The van der Waals surface area contributed by atoms with E-state index >= 15 is 0 Å². The number of carbonyl (C=O) groups is 3. The molecule has 15 heteroatoms. The maximum atomic E-state index is 12.8. The number of halogens is 4. The van der Waals surface area contributed by atoms with Crippen molar-refractivity contribution in [2.75, 3.05) is 47.8 Å². The van der Waals surface area contributed by atoms with E-state index in [1.54, 1.807) is 29.2 Å². The molecule has 9 rings (SSSR count). The molecule has 300 valence electrons. The smallest absolute Gasteiger partial charge is 0.371 e. The Kier molecular flexibility index (Phi) is 11.5. The number of hydrogen-bond donors (Lipinski definition) is 3. The second-order valence-corrected chi connectivity index (χ2v) is 16.5. The predicted molar refractivity (Wildman–Crippen MR) is 231 cm³/mol. The van der Waals surface area contributed by atoms with E-state index < -0.39 is 11.9 Å². The number of carboxylic acids is 2. The molecule has 3 aliphatic heterocycles. The van der Waals surface area contributed by atoms with Crippen LogP contribution in [-0.4, -0.2) is 77.8 Å². The van der Waals surface area contributed by atoms with E-state index in [0.717, 1.165) is 67.6 Å². The van der Waals surface area contributed by atoms with Crippen LogP contribution >= 0.6 is 50.7 Å². The Balaban J connectivity index is 0.000000162. The summed E-state index contributed by atoms with van der Waals surface area (Å²) in [5, 5.41) is 24.3. The molecule has 3 aliphatic rings. The number of anilines is 3. The summed E-state index contributed by atoms with van der Waals surface area (Å²) < 4.78 is 11.4. The Labute approximate surface area is 357 Å². The van der Waals surface area contributed by atoms with Crippen LogP contribution in [0.4, 0.5) is 17.1 Å². The summed E-state index contributed by atoms with van der Waals surface area (Å²) in [6, 6.07) is 24.8. The number of likely N-dealkylation sites (tertiary alicyclic amines) is 1. The van der Waals surface area contributed by atoms with Gasteiger partial charge in [-0.2, -0.15) is 0 Å². The zero-order valence-electron chi connectivity index (χ0n) is 31.0. The molecule has 2 aromatic heterocycles. The van der Waals surface area contributed by atoms with Gasteiger partial charge in [0.1, 0.15) is 11.2 Å². The zero-order chi connectivity index (χ0) is 40.7. The molecule has 58 heavy (non-hydrogen) atoms. The van der Waals surface area contributed by atoms with Gasteiger partial charge in [-0.15, -0.1) is 0 Å². The van der Waals surface area contributed by atoms with Crippen molar-refractivity contribution < 1.29 is 33.4 Å². The summed E-state index contributed by atoms with van der Waals surface area (Å²) in [6.07, 6.45) is 4.81. The number of nitrogens with one attached hydrogen (secondary N) is 1. The van der Waals surface area contributed by atoms with Crippen molar-refractivity contribution in [2.45, 2.75) is 44.2 Å². The molecule has 5 heterocycles. The molecule has 0 aliphatic carbocycles. The number of piperidine rings is 2. The van der Waals surface area contributed by atoms with E-state index in [1.807, 2.05) is 18.2 Å². The molecule has 0 unspecified atom stereocenters. The molecule has 0 saturated carbocycles. The second kappa shape index (κ2) is 16.8. The molecule has 0 atom stereocenters. The molecule has 3 N–H and O–H groups in total. The first kappa shape index (κ1) is 39.9. The first-order valence-corrected chi connectivity index (χ1v) is 20.9. The number of carbonyl (C=O) groups excluding carboxylic acids is 1. The molecule has 2 saturated heterocycles. The number of benzene rings is 4.